The highest BCUT2D eigenvalue weighted by Gasteiger charge is 2.18. The SMILES string of the molecule is CCC(C)NC(=O)c1cccc(S(=O)(=O)Nc2cc(C)on2)c1. The summed E-state index contributed by atoms with van der Waals surface area (Å²) in [5.74, 6) is 0.273. The molecule has 0 spiro atoms. The Morgan fingerprint density at radius 3 is 2.70 bits per heavy atom. The maximum Gasteiger partial charge on any atom is 0.263 e. The maximum atomic E-state index is 12.3. The van der Waals surface area contributed by atoms with Gasteiger partial charge in [-0.05, 0) is 38.5 Å². The summed E-state index contributed by atoms with van der Waals surface area (Å²) in [7, 11) is -3.84. The maximum absolute atomic E-state index is 12.3. The third-order valence-electron chi connectivity index (χ3n) is 3.26. The number of anilines is 1. The molecule has 124 valence electrons. The highest BCUT2D eigenvalue weighted by atomic mass is 32.2. The molecule has 2 aromatic rings. The highest BCUT2D eigenvalue weighted by molar-refractivity contribution is 7.92. The van der Waals surface area contributed by atoms with E-state index in [1.807, 2.05) is 13.8 Å². The Labute approximate surface area is 135 Å². The van der Waals surface area contributed by atoms with Gasteiger partial charge >= 0.3 is 0 Å². The molecule has 1 aromatic heterocycles. The number of aryl methyl sites for hydroxylation is 1. The molecular weight excluding hydrogens is 318 g/mol. The molecule has 0 aliphatic rings. The lowest BCUT2D eigenvalue weighted by Crippen LogP contribution is -2.32. The van der Waals surface area contributed by atoms with E-state index < -0.39 is 10.0 Å². The van der Waals surface area contributed by atoms with Crippen LogP contribution >= 0.6 is 0 Å². The number of hydrogen-bond acceptors (Lipinski definition) is 5. The second-order valence-electron chi connectivity index (χ2n) is 5.24. The van der Waals surface area contributed by atoms with Crippen LogP contribution in [0.25, 0.3) is 0 Å². The lowest BCUT2D eigenvalue weighted by atomic mass is 10.2. The lowest BCUT2D eigenvalue weighted by molar-refractivity contribution is 0.0939. The van der Waals surface area contributed by atoms with Crippen molar-refractivity contribution in [3.8, 4) is 0 Å². The number of carbonyl (C=O) groups excluding carboxylic acids is 1. The molecule has 0 saturated carbocycles. The van der Waals surface area contributed by atoms with Gasteiger partial charge in [-0.25, -0.2) is 8.42 Å². The molecule has 0 aliphatic carbocycles. The number of hydrogen-bond donors (Lipinski definition) is 2. The minimum Gasteiger partial charge on any atom is -0.360 e. The van der Waals surface area contributed by atoms with Gasteiger partial charge in [0, 0.05) is 17.7 Å². The number of aromatic nitrogens is 1. The van der Waals surface area contributed by atoms with Crippen LogP contribution in [-0.4, -0.2) is 25.5 Å². The molecule has 0 aliphatic heterocycles. The molecule has 0 saturated heterocycles. The van der Waals surface area contributed by atoms with Gasteiger partial charge in [-0.15, -0.1) is 0 Å². The second kappa shape index (κ2) is 6.82. The Bertz CT molecular complexity index is 799. The van der Waals surface area contributed by atoms with Gasteiger partial charge in [-0.1, -0.05) is 18.1 Å². The number of sulfonamides is 1. The Morgan fingerprint density at radius 2 is 2.09 bits per heavy atom. The zero-order valence-electron chi connectivity index (χ0n) is 13.2. The van der Waals surface area contributed by atoms with Crippen LogP contribution in [0.4, 0.5) is 5.82 Å². The first kappa shape index (κ1) is 17.0. The molecule has 0 radical (unpaired) electrons. The van der Waals surface area contributed by atoms with Crippen LogP contribution in [-0.2, 0) is 10.0 Å². The summed E-state index contributed by atoms with van der Waals surface area (Å²) < 4.78 is 31.8. The highest BCUT2D eigenvalue weighted by Crippen LogP contribution is 2.17. The minimum atomic E-state index is -3.84. The van der Waals surface area contributed by atoms with E-state index >= 15 is 0 Å². The van der Waals surface area contributed by atoms with Crippen molar-refractivity contribution >= 4 is 21.7 Å². The predicted molar refractivity (Wildman–Crippen MR) is 85.7 cm³/mol. The molecule has 1 heterocycles. The van der Waals surface area contributed by atoms with E-state index in [9.17, 15) is 13.2 Å². The molecule has 23 heavy (non-hydrogen) atoms. The molecule has 2 rings (SSSR count). The Balaban J connectivity index is 2.22. The van der Waals surface area contributed by atoms with E-state index in [2.05, 4.69) is 15.2 Å². The molecule has 1 atom stereocenters. The Kier molecular flexibility index (Phi) is 5.05. The molecule has 0 bridgehead atoms. The van der Waals surface area contributed by atoms with Crippen molar-refractivity contribution in [1.82, 2.24) is 10.5 Å². The third kappa shape index (κ3) is 4.32. The summed E-state index contributed by atoms with van der Waals surface area (Å²) in [5, 5.41) is 6.39. The Morgan fingerprint density at radius 1 is 1.35 bits per heavy atom. The van der Waals surface area contributed by atoms with Crippen LogP contribution in [0.3, 0.4) is 0 Å². The molecule has 1 amide bonds. The van der Waals surface area contributed by atoms with Crippen molar-refractivity contribution in [2.24, 2.45) is 0 Å². The fraction of sp³-hybridized carbons (Fsp3) is 0.333. The fourth-order valence-corrected chi connectivity index (χ4v) is 2.85. The van der Waals surface area contributed by atoms with Crippen LogP contribution in [0.2, 0.25) is 0 Å². The van der Waals surface area contributed by atoms with Gasteiger partial charge in [0.15, 0.2) is 5.82 Å². The third-order valence-corrected chi connectivity index (χ3v) is 4.62. The van der Waals surface area contributed by atoms with E-state index in [4.69, 9.17) is 4.52 Å². The number of nitrogens with one attached hydrogen (secondary N) is 2. The first-order valence-corrected chi connectivity index (χ1v) is 8.67. The summed E-state index contributed by atoms with van der Waals surface area (Å²) in [6.07, 6.45) is 0.788. The molecule has 0 fully saturated rings. The number of rotatable bonds is 6. The van der Waals surface area contributed by atoms with Crippen LogP contribution in [0.15, 0.2) is 39.8 Å². The van der Waals surface area contributed by atoms with Crippen molar-refractivity contribution in [1.29, 1.82) is 0 Å². The molecule has 1 unspecified atom stereocenters. The van der Waals surface area contributed by atoms with Crippen LogP contribution < -0.4 is 10.0 Å². The van der Waals surface area contributed by atoms with Crippen molar-refractivity contribution < 1.29 is 17.7 Å². The quantitative estimate of drug-likeness (QED) is 0.842. The molecule has 8 heteroatoms. The topological polar surface area (TPSA) is 101 Å². The smallest absolute Gasteiger partial charge is 0.263 e. The standard InChI is InChI=1S/C15H19N3O4S/c1-4-10(2)16-15(19)12-6-5-7-13(9-12)23(20,21)18-14-8-11(3)22-17-14/h5-10H,4H2,1-3H3,(H,16,19)(H,17,18). The first-order valence-electron chi connectivity index (χ1n) is 7.19. The van der Waals surface area contributed by atoms with Gasteiger partial charge in [0.2, 0.25) is 0 Å². The van der Waals surface area contributed by atoms with Crippen LogP contribution in [0, 0.1) is 6.92 Å². The number of nitrogens with zero attached hydrogens (tertiary/aromatic N) is 1. The molecular formula is C15H19N3O4S. The van der Waals surface area contributed by atoms with Crippen molar-refractivity contribution in [2.75, 3.05) is 4.72 Å². The summed E-state index contributed by atoms with van der Waals surface area (Å²) >= 11 is 0. The normalized spacial score (nSPS) is 12.7. The fourth-order valence-electron chi connectivity index (χ4n) is 1.82. The van der Waals surface area contributed by atoms with Crippen molar-refractivity contribution in [3.63, 3.8) is 0 Å². The summed E-state index contributed by atoms with van der Waals surface area (Å²) in [6.45, 7) is 5.49. The van der Waals surface area contributed by atoms with Crippen molar-refractivity contribution in [3.05, 3.63) is 41.7 Å². The number of carbonyl (C=O) groups is 1. The van der Waals surface area contributed by atoms with Gasteiger partial charge in [0.05, 0.1) is 4.90 Å². The van der Waals surface area contributed by atoms with Gasteiger partial charge in [-0.2, -0.15) is 0 Å². The van der Waals surface area contributed by atoms with Crippen LogP contribution in [0.1, 0.15) is 36.4 Å². The number of benzene rings is 1. The van der Waals surface area contributed by atoms with Gasteiger partial charge < -0.3 is 9.84 Å². The average molecular weight is 337 g/mol. The van der Waals surface area contributed by atoms with Gasteiger partial charge in [-0.3, -0.25) is 9.52 Å². The largest absolute Gasteiger partial charge is 0.360 e. The second-order valence-corrected chi connectivity index (χ2v) is 6.92. The Hall–Kier alpha value is -2.35. The van der Waals surface area contributed by atoms with Crippen LogP contribution in [0.5, 0.6) is 0 Å². The van der Waals surface area contributed by atoms with Gasteiger partial charge in [0.1, 0.15) is 5.76 Å². The van der Waals surface area contributed by atoms with E-state index in [-0.39, 0.29) is 28.2 Å². The average Bonchev–Trinajstić information content (AvgIpc) is 2.91. The van der Waals surface area contributed by atoms with E-state index in [1.54, 1.807) is 13.0 Å². The van der Waals surface area contributed by atoms with E-state index in [1.165, 1.54) is 24.3 Å². The predicted octanol–water partition coefficient (Wildman–Crippen LogP) is 2.31. The first-order chi connectivity index (χ1) is 10.8. The van der Waals surface area contributed by atoms with Crippen molar-refractivity contribution in [2.45, 2.75) is 38.1 Å². The summed E-state index contributed by atoms with van der Waals surface area (Å²) in [5.41, 5.74) is 0.282. The number of amides is 1. The van der Waals surface area contributed by atoms with E-state index in [0.29, 0.717) is 5.76 Å². The molecule has 2 N–H and O–H groups in total. The lowest BCUT2D eigenvalue weighted by Gasteiger charge is -2.12. The molecule has 7 nitrogen and oxygen atoms in total. The minimum absolute atomic E-state index is 0.0130. The summed E-state index contributed by atoms with van der Waals surface area (Å²) in [4.78, 5) is 12.1. The van der Waals surface area contributed by atoms with Gasteiger partial charge in [0.25, 0.3) is 15.9 Å². The zero-order chi connectivity index (χ0) is 17.0. The zero-order valence-corrected chi connectivity index (χ0v) is 14.0. The van der Waals surface area contributed by atoms with E-state index in [0.717, 1.165) is 6.42 Å². The monoisotopic (exact) mass is 337 g/mol. The summed E-state index contributed by atoms with van der Waals surface area (Å²) in [6, 6.07) is 7.31. The molecule has 1 aromatic carbocycles.